The molecule has 2 aliphatic rings. The average Bonchev–Trinajstić information content (AvgIpc) is 3.16. The van der Waals surface area contributed by atoms with Crippen molar-refractivity contribution in [2.24, 2.45) is 0 Å². The van der Waals surface area contributed by atoms with Crippen molar-refractivity contribution in [1.82, 2.24) is 9.88 Å². The lowest BCUT2D eigenvalue weighted by molar-refractivity contribution is 0.260. The summed E-state index contributed by atoms with van der Waals surface area (Å²) >= 11 is 1.68. The summed E-state index contributed by atoms with van der Waals surface area (Å²) in [7, 11) is 0. The lowest BCUT2D eigenvalue weighted by Crippen LogP contribution is -2.35. The number of thiazole rings is 1. The Morgan fingerprint density at radius 1 is 1.30 bits per heavy atom. The molecular formula is C15H25N3OS. The SMILES string of the molecule is CC(C)c1nc(N2CCC(N3CCCC3)C2)sc1CO. The monoisotopic (exact) mass is 295 g/mol. The van der Waals surface area contributed by atoms with E-state index in [1.807, 2.05) is 0 Å². The van der Waals surface area contributed by atoms with Gasteiger partial charge in [0.25, 0.3) is 0 Å². The van der Waals surface area contributed by atoms with Crippen LogP contribution in [-0.4, -0.2) is 47.2 Å². The number of nitrogens with zero attached hydrogens (tertiary/aromatic N) is 3. The quantitative estimate of drug-likeness (QED) is 0.926. The third-order valence-electron chi connectivity index (χ3n) is 4.50. The van der Waals surface area contributed by atoms with Gasteiger partial charge < -0.3 is 10.0 Å². The number of likely N-dealkylation sites (tertiary alicyclic amines) is 1. The van der Waals surface area contributed by atoms with Crippen LogP contribution in [0.4, 0.5) is 5.13 Å². The summed E-state index contributed by atoms with van der Waals surface area (Å²) in [4.78, 5) is 10.9. The Labute approximate surface area is 125 Å². The molecule has 3 heterocycles. The van der Waals surface area contributed by atoms with Crippen molar-refractivity contribution in [1.29, 1.82) is 0 Å². The summed E-state index contributed by atoms with van der Waals surface area (Å²) in [5.74, 6) is 0.388. The second kappa shape index (κ2) is 6.00. The van der Waals surface area contributed by atoms with Crippen LogP contribution in [0.1, 0.15) is 49.6 Å². The molecule has 1 N–H and O–H groups in total. The van der Waals surface area contributed by atoms with Crippen LogP contribution < -0.4 is 4.90 Å². The number of aliphatic hydroxyl groups is 1. The number of hydrogen-bond donors (Lipinski definition) is 1. The Morgan fingerprint density at radius 2 is 2.05 bits per heavy atom. The smallest absolute Gasteiger partial charge is 0.185 e. The van der Waals surface area contributed by atoms with Crippen LogP contribution in [0.25, 0.3) is 0 Å². The summed E-state index contributed by atoms with van der Waals surface area (Å²) in [5, 5.41) is 10.6. The zero-order chi connectivity index (χ0) is 14.1. The van der Waals surface area contributed by atoms with Crippen molar-refractivity contribution in [3.8, 4) is 0 Å². The molecule has 0 saturated carbocycles. The van der Waals surface area contributed by atoms with E-state index in [2.05, 4.69) is 23.6 Å². The summed E-state index contributed by atoms with van der Waals surface area (Å²) in [6.45, 7) is 9.18. The maximum atomic E-state index is 9.49. The second-order valence-electron chi connectivity index (χ2n) is 6.25. The van der Waals surface area contributed by atoms with Gasteiger partial charge in [-0.2, -0.15) is 0 Å². The lowest BCUT2D eigenvalue weighted by atomic mass is 10.1. The molecular weight excluding hydrogens is 270 g/mol. The zero-order valence-electron chi connectivity index (χ0n) is 12.5. The van der Waals surface area contributed by atoms with Crippen molar-refractivity contribution in [2.75, 3.05) is 31.1 Å². The van der Waals surface area contributed by atoms with Crippen molar-refractivity contribution < 1.29 is 5.11 Å². The van der Waals surface area contributed by atoms with Crippen molar-refractivity contribution in [2.45, 2.75) is 51.7 Å². The topological polar surface area (TPSA) is 39.6 Å². The Kier molecular flexibility index (Phi) is 4.29. The van der Waals surface area contributed by atoms with Gasteiger partial charge in [0.2, 0.25) is 0 Å². The van der Waals surface area contributed by atoms with E-state index in [-0.39, 0.29) is 6.61 Å². The molecule has 3 rings (SSSR count). The summed E-state index contributed by atoms with van der Waals surface area (Å²) in [6, 6.07) is 0.710. The van der Waals surface area contributed by atoms with Gasteiger partial charge in [-0.25, -0.2) is 4.98 Å². The molecule has 0 aliphatic carbocycles. The minimum atomic E-state index is 0.120. The number of anilines is 1. The normalized spacial score (nSPS) is 24.2. The summed E-state index contributed by atoms with van der Waals surface area (Å²) in [6.07, 6.45) is 3.98. The largest absolute Gasteiger partial charge is 0.391 e. The third kappa shape index (κ3) is 2.71. The van der Waals surface area contributed by atoms with Crippen molar-refractivity contribution in [3.05, 3.63) is 10.6 Å². The molecule has 0 spiro atoms. The third-order valence-corrected chi connectivity index (χ3v) is 5.61. The first-order valence-electron chi connectivity index (χ1n) is 7.78. The fraction of sp³-hybridized carbons (Fsp3) is 0.800. The van der Waals surface area contributed by atoms with Crippen molar-refractivity contribution in [3.63, 3.8) is 0 Å². The molecule has 2 saturated heterocycles. The van der Waals surface area contributed by atoms with E-state index in [4.69, 9.17) is 4.98 Å². The first-order valence-corrected chi connectivity index (χ1v) is 8.60. The van der Waals surface area contributed by atoms with Gasteiger partial charge in [-0.1, -0.05) is 25.2 Å². The van der Waals surface area contributed by atoms with Gasteiger partial charge in [-0.15, -0.1) is 0 Å². The van der Waals surface area contributed by atoms with Gasteiger partial charge in [-0.3, -0.25) is 4.90 Å². The molecule has 2 aliphatic heterocycles. The number of aromatic nitrogens is 1. The molecule has 1 unspecified atom stereocenters. The van der Waals surface area contributed by atoms with E-state index in [0.717, 1.165) is 28.8 Å². The minimum absolute atomic E-state index is 0.120. The zero-order valence-corrected chi connectivity index (χ0v) is 13.3. The Balaban J connectivity index is 1.70. The highest BCUT2D eigenvalue weighted by atomic mass is 32.1. The first kappa shape index (κ1) is 14.3. The predicted octanol–water partition coefficient (Wildman–Crippen LogP) is 2.43. The van der Waals surface area contributed by atoms with Gasteiger partial charge in [0.1, 0.15) is 0 Å². The Morgan fingerprint density at radius 3 is 2.65 bits per heavy atom. The van der Waals surface area contributed by atoms with Crippen LogP contribution in [0.3, 0.4) is 0 Å². The molecule has 5 heteroatoms. The van der Waals surface area contributed by atoms with Gasteiger partial charge in [0.15, 0.2) is 5.13 Å². The molecule has 112 valence electrons. The average molecular weight is 295 g/mol. The van der Waals surface area contributed by atoms with E-state index in [9.17, 15) is 5.11 Å². The van der Waals surface area contributed by atoms with Crippen LogP contribution in [0.15, 0.2) is 0 Å². The second-order valence-corrected chi connectivity index (χ2v) is 7.31. The maximum Gasteiger partial charge on any atom is 0.185 e. The molecule has 1 aromatic rings. The fourth-order valence-corrected chi connectivity index (χ4v) is 4.48. The van der Waals surface area contributed by atoms with Crippen LogP contribution in [-0.2, 0) is 6.61 Å². The molecule has 1 aromatic heterocycles. The first-order chi connectivity index (χ1) is 9.69. The van der Waals surface area contributed by atoms with Crippen molar-refractivity contribution >= 4 is 16.5 Å². The summed E-state index contributed by atoms with van der Waals surface area (Å²) < 4.78 is 0. The number of hydrogen-bond acceptors (Lipinski definition) is 5. The van der Waals surface area contributed by atoms with E-state index < -0.39 is 0 Å². The standard InChI is InChI=1S/C15H25N3OS/c1-11(2)14-13(10-19)20-15(16-14)18-8-5-12(9-18)17-6-3-4-7-17/h11-12,19H,3-10H2,1-2H3. The number of rotatable bonds is 4. The lowest BCUT2D eigenvalue weighted by Gasteiger charge is -2.23. The van der Waals surface area contributed by atoms with Crippen LogP contribution in [0.5, 0.6) is 0 Å². The van der Waals surface area contributed by atoms with Gasteiger partial charge in [0.05, 0.1) is 17.2 Å². The molecule has 4 nitrogen and oxygen atoms in total. The molecule has 0 bridgehead atoms. The van der Waals surface area contributed by atoms with E-state index in [1.54, 1.807) is 11.3 Å². The van der Waals surface area contributed by atoms with Gasteiger partial charge in [0, 0.05) is 19.1 Å². The highest BCUT2D eigenvalue weighted by Gasteiger charge is 2.31. The fourth-order valence-electron chi connectivity index (χ4n) is 3.37. The highest BCUT2D eigenvalue weighted by Crippen LogP contribution is 2.33. The molecule has 1 atom stereocenters. The Bertz CT molecular complexity index is 454. The van der Waals surface area contributed by atoms with Gasteiger partial charge in [-0.05, 0) is 38.3 Å². The van der Waals surface area contributed by atoms with Crippen LogP contribution >= 0.6 is 11.3 Å². The predicted molar refractivity (Wildman–Crippen MR) is 83.6 cm³/mol. The number of aliphatic hydroxyl groups excluding tert-OH is 1. The molecule has 20 heavy (non-hydrogen) atoms. The maximum absolute atomic E-state index is 9.49. The minimum Gasteiger partial charge on any atom is -0.391 e. The van der Waals surface area contributed by atoms with E-state index in [0.29, 0.717) is 12.0 Å². The van der Waals surface area contributed by atoms with E-state index in [1.165, 1.54) is 32.4 Å². The molecule has 0 radical (unpaired) electrons. The van der Waals surface area contributed by atoms with Gasteiger partial charge >= 0.3 is 0 Å². The summed E-state index contributed by atoms with van der Waals surface area (Å²) in [5.41, 5.74) is 1.08. The highest BCUT2D eigenvalue weighted by molar-refractivity contribution is 7.15. The van der Waals surface area contributed by atoms with Crippen LogP contribution in [0, 0.1) is 0 Å². The molecule has 0 aromatic carbocycles. The Hall–Kier alpha value is -0.650. The van der Waals surface area contributed by atoms with Crippen LogP contribution in [0.2, 0.25) is 0 Å². The molecule has 2 fully saturated rings. The molecule has 0 amide bonds. The van der Waals surface area contributed by atoms with E-state index >= 15 is 0 Å².